The molecule has 1 amide bonds. The molecule has 176 valence electrons. The zero-order chi connectivity index (χ0) is 23.9. The summed E-state index contributed by atoms with van der Waals surface area (Å²) in [5, 5.41) is 11.3. The maximum atomic E-state index is 13.5. The number of H-pyrrole nitrogens is 1. The first kappa shape index (κ1) is 21.2. The summed E-state index contributed by atoms with van der Waals surface area (Å²) in [4.78, 5) is 18.9. The van der Waals surface area contributed by atoms with E-state index < -0.39 is 0 Å². The fraction of sp³-hybridized carbons (Fsp3) is 0.179. The Bertz CT molecular complexity index is 1470. The fourth-order valence-corrected chi connectivity index (χ4v) is 4.98. The standard InChI is InChI=1S/C28H24N2O5/c1-33-23-9-6-17(14-22(23)31)7-11-26(32)30-13-12-20-19-4-2-3-5-21(19)29-27(20)28(30)18-8-10-24-25(15-18)35-16-34-24/h2-11,14-15,28-29,31H,12-13,16H2,1H3. The minimum atomic E-state index is -0.304. The molecule has 1 aromatic heterocycles. The van der Waals surface area contributed by atoms with Crippen LogP contribution in [0.2, 0.25) is 0 Å². The number of hydrogen-bond donors (Lipinski definition) is 2. The molecule has 35 heavy (non-hydrogen) atoms. The number of nitrogens with zero attached hydrogens (tertiary/aromatic N) is 1. The molecule has 2 aliphatic heterocycles. The Morgan fingerprint density at radius 1 is 1.11 bits per heavy atom. The normalized spacial score (nSPS) is 16.6. The van der Waals surface area contributed by atoms with Crippen molar-refractivity contribution in [1.29, 1.82) is 0 Å². The minimum absolute atomic E-state index is 0.0287. The lowest BCUT2D eigenvalue weighted by Gasteiger charge is -2.35. The first-order chi connectivity index (χ1) is 17.1. The van der Waals surface area contributed by atoms with Crippen LogP contribution in [0.15, 0.2) is 66.7 Å². The van der Waals surface area contributed by atoms with Crippen molar-refractivity contribution in [2.75, 3.05) is 20.4 Å². The van der Waals surface area contributed by atoms with E-state index in [0.29, 0.717) is 29.4 Å². The van der Waals surface area contributed by atoms with Crippen molar-refractivity contribution in [3.63, 3.8) is 0 Å². The van der Waals surface area contributed by atoms with E-state index in [4.69, 9.17) is 14.2 Å². The lowest BCUT2D eigenvalue weighted by molar-refractivity contribution is -0.128. The molecule has 7 nitrogen and oxygen atoms in total. The van der Waals surface area contributed by atoms with Gasteiger partial charge in [0.15, 0.2) is 23.0 Å². The Labute approximate surface area is 202 Å². The number of aromatic amines is 1. The minimum Gasteiger partial charge on any atom is -0.504 e. The Hall–Kier alpha value is -4.39. The smallest absolute Gasteiger partial charge is 0.247 e. The number of benzene rings is 3. The third-order valence-corrected chi connectivity index (χ3v) is 6.65. The highest BCUT2D eigenvalue weighted by atomic mass is 16.7. The molecule has 0 fully saturated rings. The van der Waals surface area contributed by atoms with E-state index in [1.807, 2.05) is 35.2 Å². The van der Waals surface area contributed by atoms with Crippen molar-refractivity contribution in [3.8, 4) is 23.0 Å². The Morgan fingerprint density at radius 3 is 2.83 bits per heavy atom. The topological polar surface area (TPSA) is 84.0 Å². The van der Waals surface area contributed by atoms with Gasteiger partial charge in [0.1, 0.15) is 0 Å². The van der Waals surface area contributed by atoms with Crippen LogP contribution in [0.4, 0.5) is 0 Å². The molecule has 1 unspecified atom stereocenters. The summed E-state index contributed by atoms with van der Waals surface area (Å²) in [6, 6.07) is 18.8. The van der Waals surface area contributed by atoms with Crippen molar-refractivity contribution in [2.45, 2.75) is 12.5 Å². The van der Waals surface area contributed by atoms with Crippen LogP contribution < -0.4 is 14.2 Å². The number of hydrogen-bond acceptors (Lipinski definition) is 5. The highest BCUT2D eigenvalue weighted by Crippen LogP contribution is 2.42. The molecule has 0 aliphatic carbocycles. The molecule has 1 atom stereocenters. The highest BCUT2D eigenvalue weighted by molar-refractivity contribution is 5.93. The predicted octanol–water partition coefficient (Wildman–Crippen LogP) is 4.80. The van der Waals surface area contributed by atoms with Gasteiger partial charge in [0.05, 0.1) is 13.2 Å². The van der Waals surface area contributed by atoms with Gasteiger partial charge in [-0.3, -0.25) is 4.79 Å². The van der Waals surface area contributed by atoms with Crippen molar-refractivity contribution in [3.05, 3.63) is 89.1 Å². The first-order valence-electron chi connectivity index (χ1n) is 11.5. The van der Waals surface area contributed by atoms with Crippen molar-refractivity contribution in [1.82, 2.24) is 9.88 Å². The van der Waals surface area contributed by atoms with E-state index in [-0.39, 0.29) is 24.5 Å². The van der Waals surface area contributed by atoms with Gasteiger partial charge in [-0.05, 0) is 59.5 Å². The fourth-order valence-electron chi connectivity index (χ4n) is 4.98. The maximum Gasteiger partial charge on any atom is 0.247 e. The average Bonchev–Trinajstić information content (AvgIpc) is 3.50. The highest BCUT2D eigenvalue weighted by Gasteiger charge is 2.34. The molecule has 0 bridgehead atoms. The van der Waals surface area contributed by atoms with Crippen LogP contribution >= 0.6 is 0 Å². The number of aromatic nitrogens is 1. The van der Waals surface area contributed by atoms with Crippen LogP contribution in [0, 0.1) is 0 Å². The molecule has 0 saturated carbocycles. The molecule has 3 aromatic carbocycles. The number of amides is 1. The molecule has 2 aliphatic rings. The van der Waals surface area contributed by atoms with Crippen LogP contribution in [0.25, 0.3) is 17.0 Å². The number of carbonyl (C=O) groups is 1. The van der Waals surface area contributed by atoms with Gasteiger partial charge >= 0.3 is 0 Å². The Kier molecular flexibility index (Phi) is 5.10. The SMILES string of the molecule is COc1ccc(C=CC(=O)N2CCc3c([nH]c4ccccc34)C2c2ccc3c(c2)OCO3)cc1O. The lowest BCUT2D eigenvalue weighted by Crippen LogP contribution is -2.39. The number of fused-ring (bicyclic) bond motifs is 4. The van der Waals surface area contributed by atoms with Crippen LogP contribution in [0.3, 0.4) is 0 Å². The van der Waals surface area contributed by atoms with Crippen LogP contribution in [-0.4, -0.2) is 41.3 Å². The summed E-state index contributed by atoms with van der Waals surface area (Å²) in [6.45, 7) is 0.770. The molecule has 7 heteroatoms. The summed E-state index contributed by atoms with van der Waals surface area (Å²) in [6.07, 6.45) is 4.01. The molecule has 0 saturated heterocycles. The number of phenolic OH excluding ortho intramolecular Hbond substituents is 1. The van der Waals surface area contributed by atoms with Gasteiger partial charge in [-0.1, -0.05) is 30.3 Å². The number of nitrogens with one attached hydrogen (secondary N) is 1. The predicted molar refractivity (Wildman–Crippen MR) is 132 cm³/mol. The number of rotatable bonds is 4. The van der Waals surface area contributed by atoms with Gasteiger partial charge in [-0.25, -0.2) is 0 Å². The molecular formula is C28H24N2O5. The van der Waals surface area contributed by atoms with E-state index in [9.17, 15) is 9.90 Å². The number of aromatic hydroxyl groups is 1. The molecule has 6 rings (SSSR count). The molecule has 2 N–H and O–H groups in total. The van der Waals surface area contributed by atoms with E-state index >= 15 is 0 Å². The number of phenols is 1. The maximum absolute atomic E-state index is 13.5. The van der Waals surface area contributed by atoms with Crippen molar-refractivity contribution >= 4 is 22.9 Å². The van der Waals surface area contributed by atoms with E-state index in [1.165, 1.54) is 18.1 Å². The van der Waals surface area contributed by atoms with Crippen LogP contribution in [0.1, 0.15) is 28.4 Å². The monoisotopic (exact) mass is 468 g/mol. The van der Waals surface area contributed by atoms with Crippen molar-refractivity contribution < 1.29 is 24.1 Å². The van der Waals surface area contributed by atoms with E-state index in [1.54, 1.807) is 30.4 Å². The second-order valence-corrected chi connectivity index (χ2v) is 8.62. The number of methoxy groups -OCH3 is 1. The lowest BCUT2D eigenvalue weighted by atomic mass is 9.92. The number of ether oxygens (including phenoxy) is 3. The van der Waals surface area contributed by atoms with Gasteiger partial charge in [0.25, 0.3) is 0 Å². The zero-order valence-electron chi connectivity index (χ0n) is 19.2. The molecule has 0 radical (unpaired) electrons. The summed E-state index contributed by atoms with van der Waals surface area (Å²) >= 11 is 0. The van der Waals surface area contributed by atoms with Gasteiger partial charge < -0.3 is 29.2 Å². The Balaban J connectivity index is 1.39. The third kappa shape index (κ3) is 3.65. The quantitative estimate of drug-likeness (QED) is 0.421. The summed E-state index contributed by atoms with van der Waals surface area (Å²) in [5.74, 6) is 1.69. The molecular weight excluding hydrogens is 444 g/mol. The molecule has 4 aromatic rings. The molecule has 0 spiro atoms. The van der Waals surface area contributed by atoms with Gasteiger partial charge in [0.2, 0.25) is 12.7 Å². The van der Waals surface area contributed by atoms with E-state index in [2.05, 4.69) is 17.1 Å². The number of carbonyl (C=O) groups excluding carboxylic acids is 1. The van der Waals surface area contributed by atoms with E-state index in [0.717, 1.165) is 23.2 Å². The van der Waals surface area contributed by atoms with Gasteiger partial charge in [0, 0.05) is 29.2 Å². The molecule has 3 heterocycles. The summed E-state index contributed by atoms with van der Waals surface area (Å²) in [5.41, 5.74) is 4.96. The van der Waals surface area contributed by atoms with Gasteiger partial charge in [-0.2, -0.15) is 0 Å². The Morgan fingerprint density at radius 2 is 1.97 bits per heavy atom. The third-order valence-electron chi connectivity index (χ3n) is 6.65. The first-order valence-corrected chi connectivity index (χ1v) is 11.5. The largest absolute Gasteiger partial charge is 0.504 e. The number of para-hydroxylation sites is 1. The van der Waals surface area contributed by atoms with Crippen LogP contribution in [-0.2, 0) is 11.2 Å². The summed E-state index contributed by atoms with van der Waals surface area (Å²) in [7, 11) is 1.50. The second kappa shape index (κ2) is 8.43. The zero-order valence-corrected chi connectivity index (χ0v) is 19.2. The van der Waals surface area contributed by atoms with Crippen LogP contribution in [0.5, 0.6) is 23.0 Å². The van der Waals surface area contributed by atoms with Gasteiger partial charge in [-0.15, -0.1) is 0 Å². The van der Waals surface area contributed by atoms with Crippen molar-refractivity contribution in [2.24, 2.45) is 0 Å². The average molecular weight is 469 g/mol. The summed E-state index contributed by atoms with van der Waals surface area (Å²) < 4.78 is 16.2. The second-order valence-electron chi connectivity index (χ2n) is 8.62.